The van der Waals surface area contributed by atoms with E-state index in [0.717, 1.165) is 6.07 Å². The Hall–Kier alpha value is -3.22. The highest BCUT2D eigenvalue weighted by Crippen LogP contribution is 2.42. The van der Waals surface area contributed by atoms with Crippen LogP contribution in [0, 0.1) is 10.1 Å². The van der Waals surface area contributed by atoms with E-state index in [1.165, 1.54) is 32.2 Å². The van der Waals surface area contributed by atoms with Gasteiger partial charge in [0.2, 0.25) is 0 Å². The highest BCUT2D eigenvalue weighted by Gasteiger charge is 2.30. The van der Waals surface area contributed by atoms with Crippen molar-refractivity contribution in [3.05, 3.63) is 57.6 Å². The van der Waals surface area contributed by atoms with Gasteiger partial charge in [0.05, 0.1) is 12.0 Å². The Bertz CT molecular complexity index is 812. The summed E-state index contributed by atoms with van der Waals surface area (Å²) in [7, 11) is 1.32. The van der Waals surface area contributed by atoms with Gasteiger partial charge in [0.15, 0.2) is 5.78 Å². The molecule has 0 bridgehead atoms. The number of hydrogen-bond acceptors (Lipinski definition) is 5. The standard InChI is InChI=1S/C16H13NO6/c1-9(18)10-5-3-4-6-11(10)14-13(23-2)8-7-12(16(19)20)15(14)17(21)22/h3-8H,1-2H3,(H,19,20). The van der Waals surface area contributed by atoms with Gasteiger partial charge in [0, 0.05) is 11.1 Å². The maximum absolute atomic E-state index is 11.8. The molecule has 2 aromatic carbocycles. The van der Waals surface area contributed by atoms with Crippen molar-refractivity contribution in [2.45, 2.75) is 6.92 Å². The molecule has 0 saturated carbocycles. The zero-order valence-corrected chi connectivity index (χ0v) is 12.4. The number of carboxylic acids is 1. The van der Waals surface area contributed by atoms with E-state index in [4.69, 9.17) is 4.74 Å². The first-order chi connectivity index (χ1) is 10.9. The summed E-state index contributed by atoms with van der Waals surface area (Å²) in [4.78, 5) is 33.8. The monoisotopic (exact) mass is 315 g/mol. The van der Waals surface area contributed by atoms with E-state index in [2.05, 4.69) is 0 Å². The summed E-state index contributed by atoms with van der Waals surface area (Å²) < 4.78 is 5.15. The SMILES string of the molecule is COc1ccc(C(=O)O)c([N+](=O)[O-])c1-c1ccccc1C(C)=O. The van der Waals surface area contributed by atoms with Crippen molar-refractivity contribution in [2.75, 3.05) is 7.11 Å². The van der Waals surface area contributed by atoms with Gasteiger partial charge in [0.1, 0.15) is 16.9 Å². The minimum atomic E-state index is -1.43. The Balaban J connectivity index is 2.96. The average molecular weight is 315 g/mol. The summed E-state index contributed by atoms with van der Waals surface area (Å²) in [5, 5.41) is 20.7. The second-order valence-electron chi connectivity index (χ2n) is 4.70. The Morgan fingerprint density at radius 1 is 1.13 bits per heavy atom. The molecule has 7 heteroatoms. The fourth-order valence-corrected chi connectivity index (χ4v) is 2.37. The number of hydrogen-bond donors (Lipinski definition) is 1. The summed E-state index contributed by atoms with van der Waals surface area (Å²) >= 11 is 0. The third-order valence-corrected chi connectivity index (χ3v) is 3.35. The summed E-state index contributed by atoms with van der Waals surface area (Å²) in [5.74, 6) is -1.60. The Morgan fingerprint density at radius 2 is 1.78 bits per heavy atom. The predicted octanol–water partition coefficient (Wildman–Crippen LogP) is 3.17. The van der Waals surface area contributed by atoms with Gasteiger partial charge in [-0.2, -0.15) is 0 Å². The zero-order chi connectivity index (χ0) is 17.1. The molecule has 118 valence electrons. The number of carboxylic acid groups (broad SMARTS) is 1. The van der Waals surface area contributed by atoms with Crippen molar-refractivity contribution in [3.8, 4) is 16.9 Å². The van der Waals surface area contributed by atoms with E-state index < -0.39 is 22.1 Å². The molecule has 23 heavy (non-hydrogen) atoms. The Kier molecular flexibility index (Phi) is 4.40. The third kappa shape index (κ3) is 2.89. The van der Waals surface area contributed by atoms with E-state index in [1.807, 2.05) is 0 Å². The molecule has 2 aromatic rings. The lowest BCUT2D eigenvalue weighted by atomic mass is 9.93. The molecule has 0 aromatic heterocycles. The second kappa shape index (κ2) is 6.27. The average Bonchev–Trinajstić information content (AvgIpc) is 2.52. The molecule has 0 aliphatic heterocycles. The van der Waals surface area contributed by atoms with Gasteiger partial charge in [-0.1, -0.05) is 24.3 Å². The first-order valence-electron chi connectivity index (χ1n) is 6.57. The van der Waals surface area contributed by atoms with Crippen molar-refractivity contribution in [1.29, 1.82) is 0 Å². The number of ether oxygens (including phenoxy) is 1. The van der Waals surface area contributed by atoms with Crippen LogP contribution >= 0.6 is 0 Å². The predicted molar refractivity (Wildman–Crippen MR) is 82.0 cm³/mol. The third-order valence-electron chi connectivity index (χ3n) is 3.35. The van der Waals surface area contributed by atoms with Crippen LogP contribution in [-0.2, 0) is 0 Å². The molecular weight excluding hydrogens is 302 g/mol. The van der Waals surface area contributed by atoms with Crippen LogP contribution in [0.1, 0.15) is 27.6 Å². The fourth-order valence-electron chi connectivity index (χ4n) is 2.37. The number of carbonyl (C=O) groups excluding carboxylic acids is 1. The zero-order valence-electron chi connectivity index (χ0n) is 12.4. The minimum absolute atomic E-state index is 0.0248. The van der Waals surface area contributed by atoms with Crippen LogP contribution in [0.4, 0.5) is 5.69 Å². The first kappa shape index (κ1) is 16.2. The molecule has 0 aliphatic rings. The number of nitro groups is 1. The molecule has 0 saturated heterocycles. The van der Waals surface area contributed by atoms with Crippen LogP contribution in [-0.4, -0.2) is 28.9 Å². The minimum Gasteiger partial charge on any atom is -0.496 e. The number of benzene rings is 2. The van der Waals surface area contributed by atoms with E-state index in [-0.39, 0.29) is 28.2 Å². The van der Waals surface area contributed by atoms with Crippen molar-refractivity contribution >= 4 is 17.4 Å². The molecule has 7 nitrogen and oxygen atoms in total. The van der Waals surface area contributed by atoms with Gasteiger partial charge >= 0.3 is 5.97 Å². The number of aromatic carboxylic acids is 1. The quantitative estimate of drug-likeness (QED) is 0.516. The Morgan fingerprint density at radius 3 is 2.30 bits per heavy atom. The molecule has 0 aliphatic carbocycles. The fraction of sp³-hybridized carbons (Fsp3) is 0.125. The van der Waals surface area contributed by atoms with Crippen molar-refractivity contribution in [1.82, 2.24) is 0 Å². The van der Waals surface area contributed by atoms with E-state index in [0.29, 0.717) is 0 Å². The van der Waals surface area contributed by atoms with Crippen LogP contribution in [0.25, 0.3) is 11.1 Å². The van der Waals surface area contributed by atoms with Crippen LogP contribution in [0.3, 0.4) is 0 Å². The van der Waals surface area contributed by atoms with Crippen molar-refractivity contribution in [2.24, 2.45) is 0 Å². The number of nitrogens with zero attached hydrogens (tertiary/aromatic N) is 1. The molecule has 0 atom stereocenters. The molecule has 0 spiro atoms. The van der Waals surface area contributed by atoms with Gasteiger partial charge in [-0.15, -0.1) is 0 Å². The van der Waals surface area contributed by atoms with Gasteiger partial charge in [0.25, 0.3) is 5.69 Å². The lowest BCUT2D eigenvalue weighted by Gasteiger charge is -2.13. The number of Topliss-reactive ketones (excluding diaryl/α,β-unsaturated/α-hetero) is 1. The summed E-state index contributed by atoms with van der Waals surface area (Å²) in [6.45, 7) is 1.33. The largest absolute Gasteiger partial charge is 0.496 e. The number of carbonyl (C=O) groups is 2. The molecule has 0 heterocycles. The molecule has 0 unspecified atom stereocenters. The van der Waals surface area contributed by atoms with E-state index in [9.17, 15) is 24.8 Å². The number of rotatable bonds is 5. The molecule has 2 rings (SSSR count). The summed E-state index contributed by atoms with van der Waals surface area (Å²) in [5.41, 5.74) is -0.596. The topological polar surface area (TPSA) is 107 Å². The van der Waals surface area contributed by atoms with Crippen LogP contribution < -0.4 is 4.74 Å². The second-order valence-corrected chi connectivity index (χ2v) is 4.70. The first-order valence-corrected chi connectivity index (χ1v) is 6.57. The van der Waals surface area contributed by atoms with Crippen molar-refractivity contribution < 1.29 is 24.4 Å². The normalized spacial score (nSPS) is 10.2. The van der Waals surface area contributed by atoms with Gasteiger partial charge in [-0.25, -0.2) is 4.79 Å². The lowest BCUT2D eigenvalue weighted by Crippen LogP contribution is -2.07. The molecule has 0 amide bonds. The van der Waals surface area contributed by atoms with Gasteiger partial charge in [-0.05, 0) is 19.1 Å². The maximum atomic E-state index is 11.8. The van der Waals surface area contributed by atoms with Crippen LogP contribution in [0.15, 0.2) is 36.4 Å². The van der Waals surface area contributed by atoms with Gasteiger partial charge in [-0.3, -0.25) is 14.9 Å². The summed E-state index contributed by atoms with van der Waals surface area (Å²) in [6, 6.07) is 8.72. The smallest absolute Gasteiger partial charge is 0.342 e. The molecule has 0 fully saturated rings. The Labute approximate surface area is 131 Å². The number of ketones is 1. The highest BCUT2D eigenvalue weighted by molar-refractivity contribution is 6.05. The molecule has 1 N–H and O–H groups in total. The van der Waals surface area contributed by atoms with E-state index in [1.54, 1.807) is 12.1 Å². The lowest BCUT2D eigenvalue weighted by molar-refractivity contribution is -0.384. The van der Waals surface area contributed by atoms with Gasteiger partial charge < -0.3 is 9.84 Å². The maximum Gasteiger partial charge on any atom is 0.342 e. The summed E-state index contributed by atoms with van der Waals surface area (Å²) in [6.07, 6.45) is 0. The number of methoxy groups -OCH3 is 1. The molecule has 0 radical (unpaired) electrons. The van der Waals surface area contributed by atoms with E-state index >= 15 is 0 Å². The number of nitro benzene ring substituents is 1. The van der Waals surface area contributed by atoms with Crippen molar-refractivity contribution in [3.63, 3.8) is 0 Å². The molecular formula is C16H13NO6. The van der Waals surface area contributed by atoms with Crippen LogP contribution in [0.2, 0.25) is 0 Å². The highest BCUT2D eigenvalue weighted by atomic mass is 16.6. The van der Waals surface area contributed by atoms with Crippen LogP contribution in [0.5, 0.6) is 5.75 Å².